The fourth-order valence-electron chi connectivity index (χ4n) is 1.32. The second-order valence-electron chi connectivity index (χ2n) is 3.46. The van der Waals surface area contributed by atoms with Crippen LogP contribution in [0, 0.1) is 0 Å². The van der Waals surface area contributed by atoms with Crippen molar-refractivity contribution in [2.75, 3.05) is 13.7 Å². The summed E-state index contributed by atoms with van der Waals surface area (Å²) in [5.41, 5.74) is 1.20. The van der Waals surface area contributed by atoms with Gasteiger partial charge < -0.3 is 9.47 Å². The van der Waals surface area contributed by atoms with E-state index in [1.807, 2.05) is 22.3 Å². The van der Waals surface area contributed by atoms with Crippen LogP contribution in [-0.4, -0.2) is 19.8 Å². The highest BCUT2D eigenvalue weighted by Crippen LogP contribution is 2.05. The van der Waals surface area contributed by atoms with Gasteiger partial charge in [0.2, 0.25) is 0 Å². The maximum absolute atomic E-state index is 5.61. The molecule has 1 aromatic carbocycles. The summed E-state index contributed by atoms with van der Waals surface area (Å²) >= 11 is 2.21. The average molecular weight is 332 g/mol. The van der Waals surface area contributed by atoms with Gasteiger partial charge in [0.15, 0.2) is 0 Å². The van der Waals surface area contributed by atoms with E-state index in [0.717, 1.165) is 6.42 Å². The minimum Gasteiger partial charge on any atom is -0.379 e. The molecule has 0 amide bonds. The molecule has 16 heavy (non-hydrogen) atoms. The number of ether oxygens (including phenoxy) is 2. The van der Waals surface area contributed by atoms with Crippen molar-refractivity contribution >= 4 is 22.6 Å². The normalized spacial score (nSPS) is 13.1. The van der Waals surface area contributed by atoms with Crippen molar-refractivity contribution in [1.82, 2.24) is 0 Å². The number of benzene rings is 1. The molecular formula is C13H17IO2. The molecule has 0 aliphatic rings. The number of hydrogen-bond acceptors (Lipinski definition) is 2. The van der Waals surface area contributed by atoms with Crippen LogP contribution in [0.4, 0.5) is 0 Å². The van der Waals surface area contributed by atoms with E-state index in [1.54, 1.807) is 7.11 Å². The summed E-state index contributed by atoms with van der Waals surface area (Å²) in [5.74, 6) is 0. The molecule has 0 aromatic heterocycles. The van der Waals surface area contributed by atoms with E-state index in [4.69, 9.17) is 9.47 Å². The van der Waals surface area contributed by atoms with Crippen molar-refractivity contribution in [2.24, 2.45) is 0 Å². The Bertz CT molecular complexity index is 298. The van der Waals surface area contributed by atoms with Crippen LogP contribution in [0.5, 0.6) is 0 Å². The fraction of sp³-hybridized carbons (Fsp3) is 0.385. The zero-order valence-electron chi connectivity index (χ0n) is 9.43. The van der Waals surface area contributed by atoms with Crippen molar-refractivity contribution in [3.63, 3.8) is 0 Å². The number of halogens is 1. The second-order valence-corrected chi connectivity index (χ2v) is 4.17. The number of hydrogen-bond donors (Lipinski definition) is 0. The Morgan fingerprint density at radius 1 is 1.31 bits per heavy atom. The van der Waals surface area contributed by atoms with Crippen molar-refractivity contribution in [2.45, 2.75) is 19.1 Å². The summed E-state index contributed by atoms with van der Waals surface area (Å²) in [4.78, 5) is 0. The molecule has 0 heterocycles. The topological polar surface area (TPSA) is 18.5 Å². The molecule has 0 fully saturated rings. The molecule has 2 nitrogen and oxygen atoms in total. The summed E-state index contributed by atoms with van der Waals surface area (Å²) in [6.07, 6.45) is 3.13. The van der Waals surface area contributed by atoms with Gasteiger partial charge in [-0.1, -0.05) is 59.0 Å². The first-order chi connectivity index (χ1) is 7.86. The molecule has 1 aromatic rings. The lowest BCUT2D eigenvalue weighted by Gasteiger charge is -2.13. The third kappa shape index (κ3) is 5.63. The quantitative estimate of drug-likeness (QED) is 0.711. The van der Waals surface area contributed by atoms with E-state index in [9.17, 15) is 0 Å². The lowest BCUT2D eigenvalue weighted by Crippen LogP contribution is -2.17. The maximum Gasteiger partial charge on any atom is 0.0839 e. The first-order valence-electron chi connectivity index (χ1n) is 5.26. The smallest absolute Gasteiger partial charge is 0.0839 e. The highest BCUT2D eigenvalue weighted by Gasteiger charge is 2.04. The Morgan fingerprint density at radius 2 is 2.06 bits per heavy atom. The minimum atomic E-state index is 0.148. The summed E-state index contributed by atoms with van der Waals surface area (Å²) in [6.45, 7) is 1.28. The van der Waals surface area contributed by atoms with Crippen LogP contribution in [-0.2, 0) is 16.1 Å². The fourth-order valence-corrected chi connectivity index (χ4v) is 1.61. The molecule has 1 atom stereocenters. The average Bonchev–Trinajstić information content (AvgIpc) is 2.35. The van der Waals surface area contributed by atoms with E-state index >= 15 is 0 Å². The summed E-state index contributed by atoms with van der Waals surface area (Å²) in [5, 5.41) is 0. The molecule has 0 unspecified atom stereocenters. The Morgan fingerprint density at radius 3 is 2.69 bits per heavy atom. The third-order valence-electron chi connectivity index (χ3n) is 2.24. The molecule has 0 bridgehead atoms. The molecule has 0 saturated carbocycles. The van der Waals surface area contributed by atoms with Crippen molar-refractivity contribution in [3.8, 4) is 0 Å². The Hall–Kier alpha value is -0.390. The van der Waals surface area contributed by atoms with Gasteiger partial charge in [0.25, 0.3) is 0 Å². The van der Waals surface area contributed by atoms with Crippen LogP contribution in [0.1, 0.15) is 12.0 Å². The van der Waals surface area contributed by atoms with Gasteiger partial charge in [-0.05, 0) is 16.1 Å². The predicted molar refractivity (Wildman–Crippen MR) is 74.7 cm³/mol. The first kappa shape index (κ1) is 13.7. The lowest BCUT2D eigenvalue weighted by atomic mass is 10.2. The van der Waals surface area contributed by atoms with Crippen molar-refractivity contribution in [1.29, 1.82) is 0 Å². The lowest BCUT2D eigenvalue weighted by molar-refractivity contribution is 0.00385. The van der Waals surface area contributed by atoms with Crippen LogP contribution in [0.3, 0.4) is 0 Å². The summed E-state index contributed by atoms with van der Waals surface area (Å²) in [7, 11) is 1.72. The minimum absolute atomic E-state index is 0.148. The molecule has 0 N–H and O–H groups in total. The van der Waals surface area contributed by atoms with Crippen LogP contribution < -0.4 is 0 Å². The molecule has 0 spiro atoms. The van der Waals surface area contributed by atoms with Gasteiger partial charge in [-0.15, -0.1) is 0 Å². The molecule has 0 radical (unpaired) electrons. The van der Waals surface area contributed by atoms with E-state index in [0.29, 0.717) is 13.2 Å². The predicted octanol–water partition coefficient (Wildman–Crippen LogP) is 3.56. The van der Waals surface area contributed by atoms with E-state index in [1.165, 1.54) is 5.56 Å². The van der Waals surface area contributed by atoms with Crippen LogP contribution in [0.2, 0.25) is 0 Å². The maximum atomic E-state index is 5.61. The van der Waals surface area contributed by atoms with Gasteiger partial charge in [-0.3, -0.25) is 0 Å². The van der Waals surface area contributed by atoms with Crippen LogP contribution >= 0.6 is 22.6 Å². The molecular weight excluding hydrogens is 315 g/mol. The molecule has 0 aliphatic carbocycles. The van der Waals surface area contributed by atoms with Crippen molar-refractivity contribution < 1.29 is 9.47 Å². The van der Waals surface area contributed by atoms with Crippen LogP contribution in [0.15, 0.2) is 40.5 Å². The first-order valence-corrected chi connectivity index (χ1v) is 6.51. The van der Waals surface area contributed by atoms with E-state index in [2.05, 4.69) is 40.8 Å². The van der Waals surface area contributed by atoms with Gasteiger partial charge in [0, 0.05) is 7.11 Å². The second kappa shape index (κ2) is 8.73. The van der Waals surface area contributed by atoms with Gasteiger partial charge >= 0.3 is 0 Å². The molecule has 3 heteroatoms. The van der Waals surface area contributed by atoms with E-state index in [-0.39, 0.29) is 6.10 Å². The summed E-state index contributed by atoms with van der Waals surface area (Å²) in [6, 6.07) is 10.2. The Labute approximate surface area is 111 Å². The standard InChI is InChI=1S/C13H17IO2/c1-15-13(8-5-9-14)11-16-10-12-6-3-2-4-7-12/h2-7,9,13H,8,10-11H2,1H3/b9-5+/t13-/m0/s1. The largest absolute Gasteiger partial charge is 0.379 e. The van der Waals surface area contributed by atoms with Gasteiger partial charge in [0.05, 0.1) is 19.3 Å². The van der Waals surface area contributed by atoms with Gasteiger partial charge in [-0.2, -0.15) is 0 Å². The SMILES string of the molecule is CO[C@@H](C/C=C/I)COCc1ccccc1. The Kier molecular flexibility index (Phi) is 7.46. The number of rotatable bonds is 7. The van der Waals surface area contributed by atoms with E-state index < -0.39 is 0 Å². The highest BCUT2D eigenvalue weighted by molar-refractivity contribution is 14.1. The van der Waals surface area contributed by atoms with Gasteiger partial charge in [-0.25, -0.2) is 0 Å². The van der Waals surface area contributed by atoms with Crippen LogP contribution in [0.25, 0.3) is 0 Å². The van der Waals surface area contributed by atoms with Gasteiger partial charge in [0.1, 0.15) is 0 Å². The molecule has 0 saturated heterocycles. The van der Waals surface area contributed by atoms with Crippen molar-refractivity contribution in [3.05, 3.63) is 46.1 Å². The number of methoxy groups -OCH3 is 1. The molecule has 88 valence electrons. The Balaban J connectivity index is 2.23. The summed E-state index contributed by atoms with van der Waals surface area (Å²) < 4.78 is 12.9. The third-order valence-corrected chi connectivity index (χ3v) is 2.75. The molecule has 0 aliphatic heterocycles. The zero-order valence-corrected chi connectivity index (χ0v) is 11.6. The monoisotopic (exact) mass is 332 g/mol. The highest BCUT2D eigenvalue weighted by atomic mass is 127. The molecule has 1 rings (SSSR count). The zero-order chi connectivity index (χ0) is 11.6.